The fourth-order valence-corrected chi connectivity index (χ4v) is 2.62. The SMILES string of the molecule is CON(C)CN(C(=O)OC(C)(C)C)C(C=O)CO[Si](C)(C)C(C)(C)C. The number of rotatable bonds is 8. The van der Waals surface area contributed by atoms with Gasteiger partial charge in [0, 0.05) is 7.05 Å². The maximum Gasteiger partial charge on any atom is 0.412 e. The smallest absolute Gasteiger partial charge is 0.412 e. The highest BCUT2D eigenvalue weighted by Gasteiger charge is 2.39. The van der Waals surface area contributed by atoms with E-state index in [0.29, 0.717) is 0 Å². The maximum atomic E-state index is 12.6. The van der Waals surface area contributed by atoms with Crippen molar-refractivity contribution in [3.63, 3.8) is 0 Å². The van der Waals surface area contributed by atoms with Gasteiger partial charge >= 0.3 is 6.09 Å². The van der Waals surface area contributed by atoms with Crippen molar-refractivity contribution in [2.75, 3.05) is 27.4 Å². The second-order valence-corrected chi connectivity index (χ2v) is 13.5. The van der Waals surface area contributed by atoms with Crippen molar-refractivity contribution < 1.29 is 23.6 Å². The first-order valence-electron chi connectivity index (χ1n) is 8.48. The van der Waals surface area contributed by atoms with Gasteiger partial charge in [-0.05, 0) is 38.9 Å². The highest BCUT2D eigenvalue weighted by atomic mass is 28.4. The fraction of sp³-hybridized carbons (Fsp3) is 0.882. The molecule has 0 aliphatic carbocycles. The lowest BCUT2D eigenvalue weighted by molar-refractivity contribution is -0.146. The number of amides is 1. The van der Waals surface area contributed by atoms with E-state index in [1.54, 1.807) is 27.8 Å². The summed E-state index contributed by atoms with van der Waals surface area (Å²) in [5, 5.41) is 1.47. The zero-order valence-electron chi connectivity index (χ0n) is 17.5. The molecule has 8 heteroatoms. The molecule has 148 valence electrons. The first-order valence-corrected chi connectivity index (χ1v) is 11.4. The van der Waals surface area contributed by atoms with Crippen LogP contribution < -0.4 is 0 Å². The van der Waals surface area contributed by atoms with Crippen molar-refractivity contribution in [3.05, 3.63) is 0 Å². The van der Waals surface area contributed by atoms with E-state index in [1.165, 1.54) is 17.1 Å². The van der Waals surface area contributed by atoms with Crippen molar-refractivity contribution in [2.24, 2.45) is 0 Å². The minimum Gasteiger partial charge on any atom is -0.444 e. The molecule has 0 saturated heterocycles. The third kappa shape index (κ3) is 8.30. The quantitative estimate of drug-likeness (QED) is 0.280. The van der Waals surface area contributed by atoms with Crippen LogP contribution in [0.25, 0.3) is 0 Å². The summed E-state index contributed by atoms with van der Waals surface area (Å²) in [7, 11) is 1.13. The normalized spacial score (nSPS) is 14.4. The standard InChI is InChI=1S/C17H36N2O5Si/c1-16(2,3)24-15(21)19(13-18(7)22-8)14(11-20)12-23-25(9,10)17(4,5)6/h11,14H,12-13H2,1-10H3. The first kappa shape index (κ1) is 24.0. The van der Waals surface area contributed by atoms with Gasteiger partial charge in [0.25, 0.3) is 0 Å². The fourth-order valence-electron chi connectivity index (χ4n) is 1.60. The van der Waals surface area contributed by atoms with Gasteiger partial charge < -0.3 is 18.8 Å². The Balaban J connectivity index is 5.29. The summed E-state index contributed by atoms with van der Waals surface area (Å²) in [4.78, 5) is 30.6. The summed E-state index contributed by atoms with van der Waals surface area (Å²) in [6, 6.07) is -0.749. The van der Waals surface area contributed by atoms with Gasteiger partial charge in [0.1, 0.15) is 24.6 Å². The van der Waals surface area contributed by atoms with Crippen LogP contribution in [-0.4, -0.2) is 69.7 Å². The molecule has 25 heavy (non-hydrogen) atoms. The van der Waals surface area contributed by atoms with Gasteiger partial charge in [-0.25, -0.2) is 4.79 Å². The number of nitrogens with zero attached hydrogens (tertiary/aromatic N) is 2. The molecule has 0 aromatic heterocycles. The molecule has 0 radical (unpaired) electrons. The molecule has 0 aliphatic rings. The molecule has 1 atom stereocenters. The number of hydrogen-bond acceptors (Lipinski definition) is 6. The van der Waals surface area contributed by atoms with Crippen LogP contribution in [0.2, 0.25) is 18.1 Å². The zero-order valence-corrected chi connectivity index (χ0v) is 18.5. The molecule has 0 N–H and O–H groups in total. The lowest BCUT2D eigenvalue weighted by atomic mass is 10.2. The number of carbonyl (C=O) groups excluding carboxylic acids is 2. The molecule has 0 spiro atoms. The predicted molar refractivity (Wildman–Crippen MR) is 101 cm³/mol. The van der Waals surface area contributed by atoms with Crippen LogP contribution >= 0.6 is 0 Å². The van der Waals surface area contributed by atoms with Crippen LogP contribution in [-0.2, 0) is 18.8 Å². The molecular formula is C17H36N2O5Si. The van der Waals surface area contributed by atoms with Gasteiger partial charge in [0.2, 0.25) is 0 Å². The van der Waals surface area contributed by atoms with E-state index in [1.807, 2.05) is 0 Å². The molecule has 0 fully saturated rings. The summed E-state index contributed by atoms with van der Waals surface area (Å²) in [6.45, 7) is 16.2. The van der Waals surface area contributed by atoms with Crippen LogP contribution in [0.15, 0.2) is 0 Å². The average molecular weight is 377 g/mol. The average Bonchev–Trinajstić information content (AvgIpc) is 2.43. The summed E-state index contributed by atoms with van der Waals surface area (Å²) in [6.07, 6.45) is 0.146. The molecule has 0 bridgehead atoms. The van der Waals surface area contributed by atoms with E-state index >= 15 is 0 Å². The van der Waals surface area contributed by atoms with Crippen molar-refractivity contribution in [1.29, 1.82) is 0 Å². The van der Waals surface area contributed by atoms with Gasteiger partial charge in [-0.2, -0.15) is 5.06 Å². The van der Waals surface area contributed by atoms with Gasteiger partial charge in [-0.3, -0.25) is 4.90 Å². The molecular weight excluding hydrogens is 340 g/mol. The molecule has 1 unspecified atom stereocenters. The van der Waals surface area contributed by atoms with E-state index in [-0.39, 0.29) is 18.3 Å². The lowest BCUT2D eigenvalue weighted by Gasteiger charge is -2.38. The summed E-state index contributed by atoms with van der Waals surface area (Å²) < 4.78 is 11.6. The maximum absolute atomic E-state index is 12.6. The summed E-state index contributed by atoms with van der Waals surface area (Å²) in [5.74, 6) is 0. The number of ether oxygens (including phenoxy) is 1. The minimum atomic E-state index is -2.04. The Morgan fingerprint density at radius 3 is 2.04 bits per heavy atom. The van der Waals surface area contributed by atoms with E-state index < -0.39 is 26.1 Å². The monoisotopic (exact) mass is 376 g/mol. The van der Waals surface area contributed by atoms with Crippen LogP contribution in [0.1, 0.15) is 41.5 Å². The molecule has 0 aromatic rings. The van der Waals surface area contributed by atoms with Crippen molar-refractivity contribution in [1.82, 2.24) is 9.96 Å². The highest BCUT2D eigenvalue weighted by molar-refractivity contribution is 6.74. The predicted octanol–water partition coefficient (Wildman–Crippen LogP) is 3.26. The number of hydroxylamine groups is 2. The Bertz CT molecular complexity index is 443. The van der Waals surface area contributed by atoms with Crippen LogP contribution in [0.3, 0.4) is 0 Å². The van der Waals surface area contributed by atoms with Gasteiger partial charge in [-0.15, -0.1) is 0 Å². The Hall–Kier alpha value is -0.963. The number of hydrogen-bond donors (Lipinski definition) is 0. The van der Waals surface area contributed by atoms with Crippen molar-refractivity contribution in [2.45, 2.75) is 71.3 Å². The molecule has 1 amide bonds. The Morgan fingerprint density at radius 2 is 1.68 bits per heavy atom. The minimum absolute atomic E-state index is 0.0144. The van der Waals surface area contributed by atoms with Crippen LogP contribution in [0.5, 0.6) is 0 Å². The third-order valence-corrected chi connectivity index (χ3v) is 8.77. The second-order valence-electron chi connectivity index (χ2n) is 8.68. The lowest BCUT2D eigenvalue weighted by Crippen LogP contribution is -2.52. The molecule has 0 rings (SSSR count). The van der Waals surface area contributed by atoms with E-state index in [2.05, 4.69) is 33.9 Å². The molecule has 0 aliphatic heterocycles. The van der Waals surface area contributed by atoms with Crippen LogP contribution in [0.4, 0.5) is 4.79 Å². The topological polar surface area (TPSA) is 68.3 Å². The largest absolute Gasteiger partial charge is 0.444 e. The summed E-state index contributed by atoms with van der Waals surface area (Å²) in [5.41, 5.74) is -0.658. The first-order chi connectivity index (χ1) is 11.1. The van der Waals surface area contributed by atoms with Gasteiger partial charge in [-0.1, -0.05) is 20.8 Å². The van der Waals surface area contributed by atoms with E-state index in [9.17, 15) is 9.59 Å². The van der Waals surface area contributed by atoms with Gasteiger partial charge in [0.05, 0.1) is 13.7 Å². The number of carbonyl (C=O) groups is 2. The third-order valence-electron chi connectivity index (χ3n) is 4.27. The Morgan fingerprint density at radius 1 is 1.16 bits per heavy atom. The molecule has 7 nitrogen and oxygen atoms in total. The Labute approximate surface area is 153 Å². The van der Waals surface area contributed by atoms with E-state index in [0.717, 1.165) is 6.29 Å². The Kier molecular flexibility index (Phi) is 8.76. The molecule has 0 saturated carbocycles. The van der Waals surface area contributed by atoms with Crippen molar-refractivity contribution in [3.8, 4) is 0 Å². The van der Waals surface area contributed by atoms with E-state index in [4.69, 9.17) is 14.0 Å². The molecule has 0 heterocycles. The van der Waals surface area contributed by atoms with Crippen molar-refractivity contribution >= 4 is 20.7 Å². The second kappa shape index (κ2) is 9.11. The summed E-state index contributed by atoms with van der Waals surface area (Å²) >= 11 is 0. The van der Waals surface area contributed by atoms with Gasteiger partial charge in [0.15, 0.2) is 8.32 Å². The zero-order chi connectivity index (χ0) is 20.1. The number of aldehydes is 1. The molecule has 0 aromatic carbocycles. The highest BCUT2D eigenvalue weighted by Crippen LogP contribution is 2.36. The van der Waals surface area contributed by atoms with Crippen LogP contribution in [0, 0.1) is 0 Å².